The highest BCUT2D eigenvalue weighted by molar-refractivity contribution is 5.95. The van der Waals surface area contributed by atoms with E-state index in [9.17, 15) is 4.79 Å². The minimum atomic E-state index is -0.191. The van der Waals surface area contributed by atoms with Crippen LogP contribution in [0.3, 0.4) is 0 Å². The van der Waals surface area contributed by atoms with Gasteiger partial charge in [0.15, 0.2) is 0 Å². The van der Waals surface area contributed by atoms with Crippen molar-refractivity contribution in [3.8, 4) is 11.5 Å². The molecule has 1 atom stereocenters. The molecule has 1 heterocycles. The Balaban J connectivity index is 2.11. The highest BCUT2D eigenvalue weighted by atomic mass is 16.5. The molecular weight excluding hydrogens is 284 g/mol. The maximum Gasteiger partial charge on any atom is 0.251 e. The lowest BCUT2D eigenvalue weighted by Gasteiger charge is -2.16. The second-order valence-electron chi connectivity index (χ2n) is 5.00. The lowest BCUT2D eigenvalue weighted by Crippen LogP contribution is -2.35. The number of carbonyl (C=O) groups is 1. The number of hydrogen-bond donors (Lipinski definition) is 1. The summed E-state index contributed by atoms with van der Waals surface area (Å²) in [4.78, 5) is 16.2. The molecule has 0 bridgehead atoms. The van der Waals surface area contributed by atoms with Gasteiger partial charge in [-0.25, -0.2) is 4.98 Å². The van der Waals surface area contributed by atoms with E-state index in [0.29, 0.717) is 23.6 Å². The van der Waals surface area contributed by atoms with Gasteiger partial charge in [-0.15, -0.1) is 0 Å². The minimum Gasteiger partial charge on any atom is -0.496 e. The van der Waals surface area contributed by atoms with Gasteiger partial charge in [-0.2, -0.15) is 5.10 Å². The first kappa shape index (κ1) is 15.8. The van der Waals surface area contributed by atoms with Crippen LogP contribution in [-0.2, 0) is 6.54 Å². The smallest absolute Gasteiger partial charge is 0.251 e. The zero-order chi connectivity index (χ0) is 16.1. The number of benzene rings is 1. The van der Waals surface area contributed by atoms with Gasteiger partial charge < -0.3 is 14.8 Å². The third kappa shape index (κ3) is 3.55. The van der Waals surface area contributed by atoms with Gasteiger partial charge in [0.05, 0.1) is 20.8 Å². The lowest BCUT2D eigenvalue weighted by molar-refractivity contribution is 0.0935. The van der Waals surface area contributed by atoms with Crippen LogP contribution >= 0.6 is 0 Å². The van der Waals surface area contributed by atoms with Crippen LogP contribution in [0.25, 0.3) is 0 Å². The first-order valence-electron chi connectivity index (χ1n) is 6.91. The Kier molecular flexibility index (Phi) is 4.98. The van der Waals surface area contributed by atoms with Gasteiger partial charge in [0.25, 0.3) is 5.91 Å². The van der Waals surface area contributed by atoms with Crippen molar-refractivity contribution in [1.82, 2.24) is 20.1 Å². The second kappa shape index (κ2) is 6.93. The number of nitrogens with one attached hydrogen (secondary N) is 1. The average molecular weight is 304 g/mol. The maximum atomic E-state index is 12.4. The van der Waals surface area contributed by atoms with Crippen molar-refractivity contribution in [2.24, 2.45) is 0 Å². The van der Waals surface area contributed by atoms with Crippen LogP contribution in [0.4, 0.5) is 0 Å². The number of methoxy groups -OCH3 is 2. The van der Waals surface area contributed by atoms with Crippen molar-refractivity contribution in [2.45, 2.75) is 26.4 Å². The SMILES string of the molecule is COc1cc(C(=O)N[C@@H](C)Cn2cncn2)cc(OC)c1C. The number of hydrogen-bond acceptors (Lipinski definition) is 5. The molecule has 0 fully saturated rings. The summed E-state index contributed by atoms with van der Waals surface area (Å²) >= 11 is 0. The molecule has 0 saturated heterocycles. The lowest BCUT2D eigenvalue weighted by atomic mass is 10.1. The van der Waals surface area contributed by atoms with Crippen LogP contribution < -0.4 is 14.8 Å². The molecule has 1 aromatic heterocycles. The van der Waals surface area contributed by atoms with E-state index in [1.807, 2.05) is 13.8 Å². The van der Waals surface area contributed by atoms with Gasteiger partial charge in [0, 0.05) is 17.2 Å². The molecule has 1 amide bonds. The molecule has 0 radical (unpaired) electrons. The fraction of sp³-hybridized carbons (Fsp3) is 0.400. The normalized spacial score (nSPS) is 11.8. The summed E-state index contributed by atoms with van der Waals surface area (Å²) in [5.41, 5.74) is 1.35. The van der Waals surface area contributed by atoms with Crippen molar-refractivity contribution in [3.63, 3.8) is 0 Å². The van der Waals surface area contributed by atoms with Crippen molar-refractivity contribution in [1.29, 1.82) is 0 Å². The molecule has 1 aromatic carbocycles. The fourth-order valence-corrected chi connectivity index (χ4v) is 2.18. The highest BCUT2D eigenvalue weighted by Crippen LogP contribution is 2.29. The van der Waals surface area contributed by atoms with Gasteiger partial charge in [0.1, 0.15) is 24.2 Å². The van der Waals surface area contributed by atoms with E-state index in [-0.39, 0.29) is 11.9 Å². The van der Waals surface area contributed by atoms with Gasteiger partial charge in [-0.1, -0.05) is 0 Å². The molecule has 0 aliphatic heterocycles. The molecular formula is C15H20N4O3. The molecule has 22 heavy (non-hydrogen) atoms. The first-order valence-corrected chi connectivity index (χ1v) is 6.91. The van der Waals surface area contributed by atoms with Crippen molar-refractivity contribution < 1.29 is 14.3 Å². The Morgan fingerprint density at radius 3 is 2.45 bits per heavy atom. The van der Waals surface area contributed by atoms with Crippen molar-refractivity contribution >= 4 is 5.91 Å². The quantitative estimate of drug-likeness (QED) is 0.873. The third-order valence-electron chi connectivity index (χ3n) is 3.32. The molecule has 0 aliphatic carbocycles. The number of rotatable bonds is 6. The molecule has 0 aliphatic rings. The Morgan fingerprint density at radius 2 is 1.95 bits per heavy atom. The molecule has 118 valence electrons. The number of nitrogens with zero attached hydrogens (tertiary/aromatic N) is 3. The van der Waals surface area contributed by atoms with E-state index in [0.717, 1.165) is 5.56 Å². The van der Waals surface area contributed by atoms with Gasteiger partial charge in [0.2, 0.25) is 0 Å². The van der Waals surface area contributed by atoms with Gasteiger partial charge in [-0.3, -0.25) is 9.48 Å². The number of aromatic nitrogens is 3. The second-order valence-corrected chi connectivity index (χ2v) is 5.00. The van der Waals surface area contributed by atoms with Crippen molar-refractivity contribution in [3.05, 3.63) is 35.9 Å². The number of amides is 1. The van der Waals surface area contributed by atoms with Gasteiger partial charge in [-0.05, 0) is 26.0 Å². The van der Waals surface area contributed by atoms with E-state index in [4.69, 9.17) is 9.47 Å². The number of carbonyl (C=O) groups excluding carboxylic acids is 1. The van der Waals surface area contributed by atoms with E-state index in [1.165, 1.54) is 6.33 Å². The Bertz CT molecular complexity index is 615. The number of ether oxygens (including phenoxy) is 2. The predicted molar refractivity (Wildman–Crippen MR) is 81.2 cm³/mol. The average Bonchev–Trinajstić information content (AvgIpc) is 3.00. The molecule has 1 N–H and O–H groups in total. The summed E-state index contributed by atoms with van der Waals surface area (Å²) < 4.78 is 12.2. The fourth-order valence-electron chi connectivity index (χ4n) is 2.18. The summed E-state index contributed by atoms with van der Waals surface area (Å²) in [7, 11) is 3.13. The minimum absolute atomic E-state index is 0.0903. The van der Waals surface area contributed by atoms with E-state index >= 15 is 0 Å². The summed E-state index contributed by atoms with van der Waals surface area (Å²) in [6.07, 6.45) is 3.07. The molecule has 2 rings (SSSR count). The van der Waals surface area contributed by atoms with Crippen LogP contribution in [0.1, 0.15) is 22.8 Å². The van der Waals surface area contributed by atoms with Crippen LogP contribution in [-0.4, -0.2) is 40.9 Å². The summed E-state index contributed by atoms with van der Waals surface area (Å²) in [5.74, 6) is 1.05. The van der Waals surface area contributed by atoms with Crippen molar-refractivity contribution in [2.75, 3.05) is 14.2 Å². The van der Waals surface area contributed by atoms with E-state index in [1.54, 1.807) is 37.4 Å². The molecule has 7 heteroatoms. The van der Waals surface area contributed by atoms with Crippen LogP contribution in [0, 0.1) is 6.92 Å². The monoisotopic (exact) mass is 304 g/mol. The Hall–Kier alpha value is -2.57. The zero-order valence-corrected chi connectivity index (χ0v) is 13.2. The maximum absolute atomic E-state index is 12.4. The Labute approximate surface area is 129 Å². The van der Waals surface area contributed by atoms with Crippen LogP contribution in [0.15, 0.2) is 24.8 Å². The molecule has 2 aromatic rings. The largest absolute Gasteiger partial charge is 0.496 e. The van der Waals surface area contributed by atoms with Crippen LogP contribution in [0.2, 0.25) is 0 Å². The topological polar surface area (TPSA) is 78.3 Å². The first-order chi connectivity index (χ1) is 10.5. The molecule has 0 spiro atoms. The zero-order valence-electron chi connectivity index (χ0n) is 13.2. The summed E-state index contributed by atoms with van der Waals surface area (Å²) in [6, 6.07) is 3.32. The third-order valence-corrected chi connectivity index (χ3v) is 3.32. The standard InChI is InChI=1S/C15H20N4O3/c1-10(7-19-9-16-8-17-19)18-15(20)12-5-13(21-3)11(2)14(6-12)22-4/h5-6,8-10H,7H2,1-4H3,(H,18,20)/t10-/m0/s1. The van der Waals surface area contributed by atoms with E-state index < -0.39 is 0 Å². The summed E-state index contributed by atoms with van der Waals surface area (Å²) in [5, 5.41) is 6.93. The van der Waals surface area contributed by atoms with E-state index in [2.05, 4.69) is 15.4 Å². The van der Waals surface area contributed by atoms with Crippen LogP contribution in [0.5, 0.6) is 11.5 Å². The Morgan fingerprint density at radius 1 is 1.32 bits per heavy atom. The molecule has 7 nitrogen and oxygen atoms in total. The molecule has 0 unspecified atom stereocenters. The predicted octanol–water partition coefficient (Wildman–Crippen LogP) is 1.42. The van der Waals surface area contributed by atoms with Gasteiger partial charge >= 0.3 is 0 Å². The summed E-state index contributed by atoms with van der Waals surface area (Å²) in [6.45, 7) is 4.33. The highest BCUT2D eigenvalue weighted by Gasteiger charge is 2.15. The molecule has 0 saturated carbocycles.